The minimum atomic E-state index is -0.995. The number of rotatable bonds is 3. The molecular formula is C24H15Cl2NO6. The zero-order valence-corrected chi connectivity index (χ0v) is 18.3. The number of ether oxygens (including phenoxy) is 2. The molecule has 5 rings (SSSR count). The van der Waals surface area contributed by atoms with E-state index < -0.39 is 17.7 Å². The number of Topliss-reactive ketones (excluding diaryl/α,β-unsaturated/α-hetero) is 1. The van der Waals surface area contributed by atoms with E-state index >= 15 is 0 Å². The van der Waals surface area contributed by atoms with Crippen LogP contribution in [0.2, 0.25) is 10.0 Å². The van der Waals surface area contributed by atoms with Gasteiger partial charge in [-0.3, -0.25) is 14.5 Å². The van der Waals surface area contributed by atoms with Crippen LogP contribution >= 0.6 is 23.2 Å². The summed E-state index contributed by atoms with van der Waals surface area (Å²) in [7, 11) is 0. The molecule has 2 aliphatic rings. The standard InChI is InChI=1S/C24H15Cl2NO6/c25-14-8-15(26)10-16(9-14)27-21(12-1-4-17(28)5-2-12)20(23(30)24(27)31)22(29)13-3-6-18-19(7-13)33-11-32-18/h1-10,21,28-29H,11H2/b22-20-. The Morgan fingerprint density at radius 3 is 2.27 bits per heavy atom. The van der Waals surface area contributed by atoms with Crippen LogP contribution in [0.1, 0.15) is 17.2 Å². The van der Waals surface area contributed by atoms with Crippen molar-refractivity contribution >= 4 is 46.3 Å². The Hall–Kier alpha value is -3.68. The summed E-state index contributed by atoms with van der Waals surface area (Å²) in [6.07, 6.45) is 0. The molecule has 1 atom stereocenters. The maximum absolute atomic E-state index is 13.2. The second-order valence-electron chi connectivity index (χ2n) is 7.46. The van der Waals surface area contributed by atoms with Crippen LogP contribution in [0.5, 0.6) is 17.2 Å². The molecule has 3 aromatic rings. The number of fused-ring (bicyclic) bond motifs is 1. The van der Waals surface area contributed by atoms with Crippen molar-refractivity contribution in [3.05, 3.63) is 87.4 Å². The summed E-state index contributed by atoms with van der Waals surface area (Å²) in [6.45, 7) is 0.0486. The van der Waals surface area contributed by atoms with Gasteiger partial charge in [0.05, 0.1) is 11.6 Å². The number of hydrogen-bond donors (Lipinski definition) is 2. The monoisotopic (exact) mass is 483 g/mol. The highest BCUT2D eigenvalue weighted by molar-refractivity contribution is 6.52. The molecule has 0 bridgehead atoms. The topological polar surface area (TPSA) is 96.3 Å². The van der Waals surface area contributed by atoms with Gasteiger partial charge in [0, 0.05) is 21.3 Å². The van der Waals surface area contributed by atoms with Crippen molar-refractivity contribution in [3.63, 3.8) is 0 Å². The number of benzene rings is 3. The molecule has 0 saturated carbocycles. The van der Waals surface area contributed by atoms with Crippen LogP contribution in [0, 0.1) is 0 Å². The number of carbonyl (C=O) groups excluding carboxylic acids is 2. The lowest BCUT2D eigenvalue weighted by Gasteiger charge is -2.26. The smallest absolute Gasteiger partial charge is 0.300 e. The number of aliphatic hydroxyl groups is 1. The van der Waals surface area contributed by atoms with E-state index in [1.807, 2.05) is 0 Å². The second kappa shape index (κ2) is 8.03. The van der Waals surface area contributed by atoms with Crippen LogP contribution in [-0.4, -0.2) is 28.7 Å². The van der Waals surface area contributed by atoms with Crippen molar-refractivity contribution in [2.75, 3.05) is 11.7 Å². The molecule has 2 N–H and O–H groups in total. The van der Waals surface area contributed by atoms with E-state index in [4.69, 9.17) is 32.7 Å². The molecule has 9 heteroatoms. The Bertz CT molecular complexity index is 1320. The first-order chi connectivity index (χ1) is 15.8. The lowest BCUT2D eigenvalue weighted by atomic mass is 9.95. The van der Waals surface area contributed by atoms with E-state index in [1.165, 1.54) is 41.3 Å². The molecule has 166 valence electrons. The number of carbonyl (C=O) groups is 2. The van der Waals surface area contributed by atoms with Gasteiger partial charge in [0.2, 0.25) is 6.79 Å². The van der Waals surface area contributed by atoms with Crippen LogP contribution in [0.15, 0.2) is 66.2 Å². The zero-order chi connectivity index (χ0) is 23.3. The first-order valence-electron chi connectivity index (χ1n) is 9.79. The number of phenols is 1. The fraction of sp³-hybridized carbons (Fsp3) is 0.0833. The number of nitrogens with zero attached hydrogens (tertiary/aromatic N) is 1. The molecule has 2 heterocycles. The molecule has 1 fully saturated rings. The number of anilines is 1. The number of amides is 1. The van der Waals surface area contributed by atoms with E-state index in [-0.39, 0.29) is 45.2 Å². The number of aromatic hydroxyl groups is 1. The average Bonchev–Trinajstić information content (AvgIpc) is 3.35. The van der Waals surface area contributed by atoms with Gasteiger partial charge in [0.1, 0.15) is 11.5 Å². The normalized spacial score (nSPS) is 18.7. The summed E-state index contributed by atoms with van der Waals surface area (Å²) in [6, 6.07) is 14.2. The predicted octanol–water partition coefficient (Wildman–Crippen LogP) is 5.05. The van der Waals surface area contributed by atoms with Crippen molar-refractivity contribution in [1.29, 1.82) is 0 Å². The Labute approximate surface area is 198 Å². The highest BCUT2D eigenvalue weighted by Gasteiger charge is 2.47. The molecule has 1 unspecified atom stereocenters. The van der Waals surface area contributed by atoms with Gasteiger partial charge in [0.25, 0.3) is 11.7 Å². The van der Waals surface area contributed by atoms with E-state index in [2.05, 4.69) is 0 Å². The highest BCUT2D eigenvalue weighted by Crippen LogP contribution is 2.44. The van der Waals surface area contributed by atoms with Crippen molar-refractivity contribution in [2.45, 2.75) is 6.04 Å². The number of ketones is 1. The SMILES string of the molecule is O=C1C(=O)N(c2cc(Cl)cc(Cl)c2)C(c2ccc(O)cc2)/C1=C(/O)c1ccc2c(c1)OCO2. The molecule has 1 saturated heterocycles. The summed E-state index contributed by atoms with van der Waals surface area (Å²) in [5.74, 6) is -1.17. The van der Waals surface area contributed by atoms with E-state index in [0.29, 0.717) is 17.1 Å². The number of phenolic OH excluding ortho intramolecular Hbond substituents is 1. The molecule has 2 aliphatic heterocycles. The van der Waals surface area contributed by atoms with E-state index in [9.17, 15) is 19.8 Å². The minimum Gasteiger partial charge on any atom is -0.508 e. The van der Waals surface area contributed by atoms with Gasteiger partial charge < -0.3 is 19.7 Å². The lowest BCUT2D eigenvalue weighted by molar-refractivity contribution is -0.132. The zero-order valence-electron chi connectivity index (χ0n) is 16.8. The van der Waals surface area contributed by atoms with Crippen molar-refractivity contribution < 1.29 is 29.3 Å². The largest absolute Gasteiger partial charge is 0.508 e. The molecule has 3 aromatic carbocycles. The highest BCUT2D eigenvalue weighted by atomic mass is 35.5. The van der Waals surface area contributed by atoms with Gasteiger partial charge >= 0.3 is 0 Å². The third-order valence-corrected chi connectivity index (χ3v) is 5.86. The molecule has 7 nitrogen and oxygen atoms in total. The third-order valence-electron chi connectivity index (χ3n) is 5.42. The minimum absolute atomic E-state index is 0.0114. The number of aliphatic hydroxyl groups excluding tert-OH is 1. The Kier molecular flexibility index (Phi) is 5.15. The molecule has 0 aliphatic carbocycles. The summed E-state index contributed by atoms with van der Waals surface area (Å²) in [5, 5.41) is 21.5. The molecule has 0 spiro atoms. The first kappa shape index (κ1) is 21.2. The van der Waals surface area contributed by atoms with Crippen molar-refractivity contribution in [2.24, 2.45) is 0 Å². The van der Waals surface area contributed by atoms with Gasteiger partial charge in [-0.1, -0.05) is 35.3 Å². The predicted molar refractivity (Wildman–Crippen MR) is 122 cm³/mol. The van der Waals surface area contributed by atoms with Gasteiger partial charge in [-0.2, -0.15) is 0 Å². The summed E-state index contributed by atoms with van der Waals surface area (Å²) < 4.78 is 10.7. The van der Waals surface area contributed by atoms with Crippen molar-refractivity contribution in [1.82, 2.24) is 0 Å². The maximum atomic E-state index is 13.2. The Balaban J connectivity index is 1.72. The van der Waals surface area contributed by atoms with E-state index in [0.717, 1.165) is 0 Å². The van der Waals surface area contributed by atoms with Crippen LogP contribution in [-0.2, 0) is 9.59 Å². The van der Waals surface area contributed by atoms with Crippen LogP contribution in [0.3, 0.4) is 0 Å². The number of halogens is 2. The summed E-state index contributed by atoms with van der Waals surface area (Å²) in [4.78, 5) is 27.6. The van der Waals surface area contributed by atoms with Crippen LogP contribution < -0.4 is 14.4 Å². The molecule has 1 amide bonds. The first-order valence-corrected chi connectivity index (χ1v) is 10.5. The van der Waals surface area contributed by atoms with Gasteiger partial charge in [-0.05, 0) is 54.1 Å². The Morgan fingerprint density at radius 1 is 0.909 bits per heavy atom. The summed E-state index contributed by atoms with van der Waals surface area (Å²) in [5.41, 5.74) is 0.939. The second-order valence-corrected chi connectivity index (χ2v) is 8.33. The van der Waals surface area contributed by atoms with Crippen LogP contribution in [0.25, 0.3) is 5.76 Å². The quantitative estimate of drug-likeness (QED) is 0.307. The van der Waals surface area contributed by atoms with Crippen LogP contribution in [0.4, 0.5) is 5.69 Å². The molecule has 0 aromatic heterocycles. The summed E-state index contributed by atoms with van der Waals surface area (Å²) >= 11 is 12.3. The molecule has 0 radical (unpaired) electrons. The van der Waals surface area contributed by atoms with Crippen molar-refractivity contribution in [3.8, 4) is 17.2 Å². The Morgan fingerprint density at radius 2 is 1.58 bits per heavy atom. The third kappa shape index (κ3) is 3.65. The fourth-order valence-electron chi connectivity index (χ4n) is 3.95. The number of hydrogen-bond acceptors (Lipinski definition) is 6. The van der Waals surface area contributed by atoms with Gasteiger partial charge in [-0.15, -0.1) is 0 Å². The molecular weight excluding hydrogens is 469 g/mol. The molecule has 33 heavy (non-hydrogen) atoms. The fourth-order valence-corrected chi connectivity index (χ4v) is 4.46. The van der Waals surface area contributed by atoms with Gasteiger partial charge in [0.15, 0.2) is 11.5 Å². The maximum Gasteiger partial charge on any atom is 0.300 e. The lowest BCUT2D eigenvalue weighted by Crippen LogP contribution is -2.29. The van der Waals surface area contributed by atoms with Gasteiger partial charge in [-0.25, -0.2) is 0 Å². The average molecular weight is 484 g/mol. The van der Waals surface area contributed by atoms with E-state index in [1.54, 1.807) is 24.3 Å².